The molecule has 28 heavy (non-hydrogen) atoms. The predicted molar refractivity (Wildman–Crippen MR) is 112 cm³/mol. The molecule has 152 valence electrons. The lowest BCUT2D eigenvalue weighted by Gasteiger charge is -2.24. The van der Waals surface area contributed by atoms with Gasteiger partial charge < -0.3 is 10.2 Å². The minimum atomic E-state index is -3.46. The normalized spacial score (nSPS) is 17.2. The molecule has 0 radical (unpaired) electrons. The minimum Gasteiger partial charge on any atom is -0.334 e. The molecule has 1 aliphatic rings. The van der Waals surface area contributed by atoms with E-state index >= 15 is 0 Å². The Morgan fingerprint density at radius 2 is 1.93 bits per heavy atom. The molecule has 1 N–H and O–H groups in total. The first-order valence-corrected chi connectivity index (χ1v) is 12.0. The van der Waals surface area contributed by atoms with E-state index in [4.69, 9.17) is 0 Å². The van der Waals surface area contributed by atoms with E-state index in [0.29, 0.717) is 19.6 Å². The summed E-state index contributed by atoms with van der Waals surface area (Å²) in [4.78, 5) is 14.8. The molecule has 2 aromatic rings. The van der Waals surface area contributed by atoms with Crippen molar-refractivity contribution in [1.82, 2.24) is 14.5 Å². The first-order valence-electron chi connectivity index (χ1n) is 9.63. The smallest absolute Gasteiger partial charge is 0.318 e. The lowest BCUT2D eigenvalue weighted by Crippen LogP contribution is -2.39. The predicted octanol–water partition coefficient (Wildman–Crippen LogP) is 3.83. The second-order valence-corrected chi connectivity index (χ2v) is 9.52. The van der Waals surface area contributed by atoms with Gasteiger partial charge >= 0.3 is 6.03 Å². The van der Waals surface area contributed by atoms with Crippen LogP contribution in [0.4, 0.5) is 4.79 Å². The molecule has 1 unspecified atom stereocenters. The lowest BCUT2D eigenvalue weighted by atomic mass is 10.1. The highest BCUT2D eigenvalue weighted by molar-refractivity contribution is 7.89. The molecular weight excluding hydrogens is 394 g/mol. The fraction of sp³-hybridized carbons (Fsp3) is 0.450. The van der Waals surface area contributed by atoms with Crippen LogP contribution >= 0.6 is 11.3 Å². The first-order chi connectivity index (χ1) is 13.5. The fourth-order valence-electron chi connectivity index (χ4n) is 3.59. The summed E-state index contributed by atoms with van der Waals surface area (Å²) in [7, 11) is -3.46. The molecule has 0 aliphatic carbocycles. The van der Waals surface area contributed by atoms with Crippen molar-refractivity contribution in [1.29, 1.82) is 0 Å². The summed E-state index contributed by atoms with van der Waals surface area (Å²) in [6.07, 6.45) is 1.99. The van der Waals surface area contributed by atoms with Gasteiger partial charge in [-0.3, -0.25) is 0 Å². The maximum Gasteiger partial charge on any atom is 0.318 e. The Bertz CT molecular complexity index is 876. The van der Waals surface area contributed by atoms with E-state index < -0.39 is 10.0 Å². The number of nitrogens with zero attached hydrogens (tertiary/aromatic N) is 2. The summed E-state index contributed by atoms with van der Waals surface area (Å²) < 4.78 is 26.5. The molecule has 3 rings (SSSR count). The van der Waals surface area contributed by atoms with Crippen LogP contribution in [0, 0.1) is 0 Å². The fourth-order valence-corrected chi connectivity index (χ4v) is 5.76. The van der Waals surface area contributed by atoms with Crippen molar-refractivity contribution < 1.29 is 13.2 Å². The number of nitrogens with one attached hydrogen (secondary N) is 1. The molecule has 0 saturated carbocycles. The van der Waals surface area contributed by atoms with Gasteiger partial charge in [0.2, 0.25) is 10.0 Å². The first kappa shape index (κ1) is 20.8. The number of thiophene rings is 1. The van der Waals surface area contributed by atoms with E-state index in [1.807, 2.05) is 24.1 Å². The number of carbonyl (C=O) groups excluding carboxylic acids is 1. The van der Waals surface area contributed by atoms with Gasteiger partial charge in [0.15, 0.2) is 0 Å². The maximum atomic E-state index is 12.6. The van der Waals surface area contributed by atoms with Crippen molar-refractivity contribution in [2.24, 2.45) is 0 Å². The lowest BCUT2D eigenvalue weighted by molar-refractivity contribution is 0.192. The highest BCUT2D eigenvalue weighted by Gasteiger charge is 2.30. The largest absolute Gasteiger partial charge is 0.334 e. The molecule has 1 fully saturated rings. The molecule has 6 nitrogen and oxygen atoms in total. The van der Waals surface area contributed by atoms with Gasteiger partial charge in [-0.05, 0) is 52.9 Å². The Balaban J connectivity index is 1.61. The van der Waals surface area contributed by atoms with Crippen LogP contribution in [0.15, 0.2) is 46.0 Å². The van der Waals surface area contributed by atoms with Crippen LogP contribution in [0.1, 0.15) is 43.9 Å². The molecule has 2 heterocycles. The van der Waals surface area contributed by atoms with Crippen LogP contribution in [0.2, 0.25) is 0 Å². The molecular formula is C20H27N3O3S2. The Morgan fingerprint density at radius 1 is 1.21 bits per heavy atom. The summed E-state index contributed by atoms with van der Waals surface area (Å²) in [6, 6.07) is 8.89. The zero-order chi connectivity index (χ0) is 20.1. The Labute approximate surface area is 171 Å². The average molecular weight is 422 g/mol. The van der Waals surface area contributed by atoms with Crippen molar-refractivity contribution in [3.05, 3.63) is 52.2 Å². The van der Waals surface area contributed by atoms with Crippen LogP contribution in [0.25, 0.3) is 0 Å². The van der Waals surface area contributed by atoms with Crippen LogP contribution in [0.3, 0.4) is 0 Å². The number of rotatable bonds is 7. The number of benzene rings is 1. The number of hydrogen-bond acceptors (Lipinski definition) is 4. The second-order valence-electron chi connectivity index (χ2n) is 6.80. The van der Waals surface area contributed by atoms with Crippen LogP contribution < -0.4 is 5.32 Å². The summed E-state index contributed by atoms with van der Waals surface area (Å²) in [5.41, 5.74) is 2.07. The number of carbonyl (C=O) groups is 1. The quantitative estimate of drug-likeness (QED) is 0.739. The van der Waals surface area contributed by atoms with Crippen molar-refractivity contribution in [2.45, 2.75) is 44.2 Å². The molecule has 1 aromatic heterocycles. The molecule has 0 spiro atoms. The van der Waals surface area contributed by atoms with Gasteiger partial charge in [-0.25, -0.2) is 13.2 Å². The summed E-state index contributed by atoms with van der Waals surface area (Å²) in [5, 5.41) is 7.11. The number of amides is 2. The van der Waals surface area contributed by atoms with Gasteiger partial charge in [0, 0.05) is 26.2 Å². The molecule has 0 bridgehead atoms. The monoisotopic (exact) mass is 421 g/mol. The zero-order valence-corrected chi connectivity index (χ0v) is 17.9. The van der Waals surface area contributed by atoms with E-state index in [2.05, 4.69) is 16.8 Å². The third kappa shape index (κ3) is 4.39. The topological polar surface area (TPSA) is 69.7 Å². The summed E-state index contributed by atoms with van der Waals surface area (Å²) in [5.74, 6) is 0. The summed E-state index contributed by atoms with van der Waals surface area (Å²) in [6.45, 7) is 5.67. The Kier molecular flexibility index (Phi) is 6.74. The van der Waals surface area contributed by atoms with Gasteiger partial charge in [-0.1, -0.05) is 26.0 Å². The standard InChI is InChI=1S/C20H27N3O3S2/c1-3-22(4-2)28(25,26)18-9-7-16(8-10-18)14-21-20(24)23-12-5-6-19(23)17-11-13-27-15-17/h7-11,13,15,19H,3-6,12,14H2,1-2H3,(H,21,24). The molecule has 1 aromatic carbocycles. The van der Waals surface area contributed by atoms with E-state index in [1.54, 1.807) is 35.6 Å². The van der Waals surface area contributed by atoms with E-state index in [9.17, 15) is 13.2 Å². The van der Waals surface area contributed by atoms with Crippen molar-refractivity contribution in [3.63, 3.8) is 0 Å². The molecule has 2 amide bonds. The molecule has 8 heteroatoms. The van der Waals surface area contributed by atoms with Gasteiger partial charge in [0.05, 0.1) is 10.9 Å². The zero-order valence-electron chi connectivity index (χ0n) is 16.3. The number of sulfonamides is 1. The summed E-state index contributed by atoms with van der Waals surface area (Å²) >= 11 is 1.65. The average Bonchev–Trinajstić information content (AvgIpc) is 3.38. The van der Waals surface area contributed by atoms with Crippen LogP contribution in [-0.4, -0.2) is 43.3 Å². The molecule has 1 aliphatic heterocycles. The second kappa shape index (κ2) is 9.07. The van der Waals surface area contributed by atoms with Crippen molar-refractivity contribution in [2.75, 3.05) is 19.6 Å². The third-order valence-corrected chi connectivity index (χ3v) is 7.92. The molecule has 1 saturated heterocycles. The number of urea groups is 1. The van der Waals surface area contributed by atoms with Crippen molar-refractivity contribution in [3.8, 4) is 0 Å². The third-order valence-electron chi connectivity index (χ3n) is 5.15. The van der Waals surface area contributed by atoms with E-state index in [-0.39, 0.29) is 17.0 Å². The Morgan fingerprint density at radius 3 is 2.54 bits per heavy atom. The number of likely N-dealkylation sites (tertiary alicyclic amines) is 1. The minimum absolute atomic E-state index is 0.0754. The van der Waals surface area contributed by atoms with Gasteiger partial charge in [-0.2, -0.15) is 15.6 Å². The SMILES string of the molecule is CCN(CC)S(=O)(=O)c1ccc(CNC(=O)N2CCCC2c2ccsc2)cc1. The van der Waals surface area contributed by atoms with E-state index in [1.165, 1.54) is 9.87 Å². The van der Waals surface area contributed by atoms with Crippen molar-refractivity contribution >= 4 is 27.4 Å². The highest BCUT2D eigenvalue weighted by atomic mass is 32.2. The number of hydrogen-bond donors (Lipinski definition) is 1. The van der Waals surface area contributed by atoms with E-state index in [0.717, 1.165) is 24.9 Å². The Hall–Kier alpha value is -1.90. The van der Waals surface area contributed by atoms with Gasteiger partial charge in [-0.15, -0.1) is 0 Å². The molecule has 1 atom stereocenters. The van der Waals surface area contributed by atoms with Crippen LogP contribution in [0.5, 0.6) is 0 Å². The maximum absolute atomic E-state index is 12.6. The van der Waals surface area contributed by atoms with Gasteiger partial charge in [0.1, 0.15) is 0 Å². The van der Waals surface area contributed by atoms with Gasteiger partial charge in [0.25, 0.3) is 0 Å². The highest BCUT2D eigenvalue weighted by Crippen LogP contribution is 2.32. The van der Waals surface area contributed by atoms with Crippen LogP contribution in [-0.2, 0) is 16.6 Å².